The van der Waals surface area contributed by atoms with Gasteiger partial charge in [-0.15, -0.1) is 11.3 Å². The Balaban J connectivity index is 1.59. The molecule has 0 aromatic carbocycles. The van der Waals surface area contributed by atoms with Crippen molar-refractivity contribution >= 4 is 39.0 Å². The van der Waals surface area contributed by atoms with E-state index in [1.165, 1.54) is 16.9 Å². The number of amides is 1. The maximum absolute atomic E-state index is 12.8. The van der Waals surface area contributed by atoms with Gasteiger partial charge in [-0.25, -0.2) is 9.97 Å². The summed E-state index contributed by atoms with van der Waals surface area (Å²) in [6.07, 6.45) is 0.223. The van der Waals surface area contributed by atoms with Crippen molar-refractivity contribution < 1.29 is 18.0 Å². The zero-order chi connectivity index (χ0) is 23.3. The first-order chi connectivity index (χ1) is 15.0. The molecule has 1 aliphatic rings. The molecule has 0 fully saturated rings. The van der Waals surface area contributed by atoms with Gasteiger partial charge in [-0.1, -0.05) is 27.2 Å². The van der Waals surface area contributed by atoms with Crippen LogP contribution in [0.25, 0.3) is 10.2 Å². The second-order valence-corrected chi connectivity index (χ2v) is 9.96. The Morgan fingerprint density at radius 3 is 2.69 bits per heavy atom. The number of carbonyl (C=O) groups is 1. The van der Waals surface area contributed by atoms with Gasteiger partial charge in [0.25, 0.3) is 5.91 Å². The number of fused-ring (bicyclic) bond motifs is 2. The second-order valence-electron chi connectivity index (χ2n) is 8.96. The zero-order valence-corrected chi connectivity index (χ0v) is 19.0. The smallest absolute Gasteiger partial charge is 0.397 e. The molecule has 3 heterocycles. The number of aryl methyl sites for hydroxylation is 1. The maximum atomic E-state index is 12.8. The van der Waals surface area contributed by atoms with E-state index in [4.69, 9.17) is 10.7 Å². The summed E-state index contributed by atoms with van der Waals surface area (Å²) in [5.74, 6) is 0.0742. The average molecular weight is 463 g/mol. The first-order valence-electron chi connectivity index (χ1n) is 10.5. The van der Waals surface area contributed by atoms with Crippen LogP contribution in [-0.2, 0) is 19.0 Å². The lowest BCUT2D eigenvalue weighted by Crippen LogP contribution is -2.29. The largest absolute Gasteiger partial charge is 0.417 e. The molecule has 4 rings (SSSR count). The summed E-state index contributed by atoms with van der Waals surface area (Å²) < 4.78 is 38.1. The third kappa shape index (κ3) is 4.18. The predicted molar refractivity (Wildman–Crippen MR) is 121 cm³/mol. The Bertz CT molecular complexity index is 1170. The van der Waals surface area contributed by atoms with Crippen LogP contribution in [0.1, 0.15) is 60.1 Å². The number of rotatable bonds is 4. The van der Waals surface area contributed by atoms with Gasteiger partial charge < -0.3 is 11.1 Å². The SMILES string of the molecule is CCC(C)(C)[C@H]1CCc2nc3sc(C(=O)Nc4ccc(C(F)(F)F)cn4)c(N)c3cc2C1. The molecule has 32 heavy (non-hydrogen) atoms. The minimum Gasteiger partial charge on any atom is -0.397 e. The highest BCUT2D eigenvalue weighted by Gasteiger charge is 2.33. The third-order valence-corrected chi connectivity index (χ3v) is 7.75. The number of nitrogens with one attached hydrogen (secondary N) is 1. The molecule has 0 bridgehead atoms. The van der Waals surface area contributed by atoms with Crippen LogP contribution in [0.15, 0.2) is 24.4 Å². The van der Waals surface area contributed by atoms with Gasteiger partial charge in [-0.3, -0.25) is 4.79 Å². The van der Waals surface area contributed by atoms with Gasteiger partial charge in [0.05, 0.1) is 11.3 Å². The third-order valence-electron chi connectivity index (χ3n) is 6.64. The van der Waals surface area contributed by atoms with Crippen molar-refractivity contribution in [2.75, 3.05) is 11.1 Å². The lowest BCUT2D eigenvalue weighted by Gasteiger charge is -2.36. The fourth-order valence-electron chi connectivity index (χ4n) is 4.12. The molecular formula is C23H25F3N4OS. The molecule has 1 aliphatic carbocycles. The Kier molecular flexibility index (Phi) is 5.65. The molecule has 3 aromatic heterocycles. The summed E-state index contributed by atoms with van der Waals surface area (Å²) in [7, 11) is 0. The summed E-state index contributed by atoms with van der Waals surface area (Å²) in [4.78, 5) is 22.2. The van der Waals surface area contributed by atoms with Gasteiger partial charge >= 0.3 is 6.18 Å². The van der Waals surface area contributed by atoms with Crippen molar-refractivity contribution in [2.45, 2.75) is 52.6 Å². The zero-order valence-electron chi connectivity index (χ0n) is 18.1. The van der Waals surface area contributed by atoms with E-state index in [0.717, 1.165) is 48.9 Å². The highest BCUT2D eigenvalue weighted by atomic mass is 32.1. The minimum atomic E-state index is -4.48. The van der Waals surface area contributed by atoms with E-state index in [1.54, 1.807) is 0 Å². The van der Waals surface area contributed by atoms with Crippen LogP contribution in [0, 0.1) is 11.3 Å². The van der Waals surface area contributed by atoms with Crippen LogP contribution in [0.4, 0.5) is 24.7 Å². The van der Waals surface area contributed by atoms with Gasteiger partial charge in [0.2, 0.25) is 0 Å². The van der Waals surface area contributed by atoms with Crippen LogP contribution in [0.2, 0.25) is 0 Å². The van der Waals surface area contributed by atoms with Gasteiger partial charge in [0, 0.05) is 17.3 Å². The number of carbonyl (C=O) groups excluding carboxylic acids is 1. The number of nitrogen functional groups attached to an aromatic ring is 1. The van der Waals surface area contributed by atoms with Crippen LogP contribution >= 0.6 is 11.3 Å². The second kappa shape index (κ2) is 8.03. The normalized spacial score (nSPS) is 16.8. The van der Waals surface area contributed by atoms with Crippen molar-refractivity contribution in [3.63, 3.8) is 0 Å². The number of hydrogen-bond donors (Lipinski definition) is 2. The predicted octanol–water partition coefficient (Wildman–Crippen LogP) is 6.09. The number of anilines is 2. The van der Waals surface area contributed by atoms with Crippen LogP contribution < -0.4 is 11.1 Å². The van der Waals surface area contributed by atoms with Crippen LogP contribution in [0.3, 0.4) is 0 Å². The summed E-state index contributed by atoms with van der Waals surface area (Å²) in [5.41, 5.74) is 8.22. The molecule has 0 unspecified atom stereocenters. The summed E-state index contributed by atoms with van der Waals surface area (Å²) in [5, 5.41) is 3.27. The van der Waals surface area contributed by atoms with Crippen LogP contribution in [0.5, 0.6) is 0 Å². The molecule has 3 N–H and O–H groups in total. The molecular weight excluding hydrogens is 437 g/mol. The fourth-order valence-corrected chi connectivity index (χ4v) is 5.11. The Hall–Kier alpha value is -2.68. The molecule has 3 aromatic rings. The van der Waals surface area contributed by atoms with Gasteiger partial charge in [0.15, 0.2) is 0 Å². The number of pyridine rings is 2. The number of alkyl halides is 3. The van der Waals surface area contributed by atoms with Gasteiger partial charge in [-0.2, -0.15) is 13.2 Å². The Labute approximate surface area is 188 Å². The topological polar surface area (TPSA) is 80.9 Å². The molecule has 0 spiro atoms. The molecule has 5 nitrogen and oxygen atoms in total. The first kappa shape index (κ1) is 22.5. The minimum absolute atomic E-state index is 0.0248. The van der Waals surface area contributed by atoms with Crippen molar-refractivity contribution in [2.24, 2.45) is 11.3 Å². The molecule has 9 heteroatoms. The molecule has 1 atom stereocenters. The first-order valence-corrected chi connectivity index (χ1v) is 11.4. The number of hydrogen-bond acceptors (Lipinski definition) is 5. The van der Waals surface area contributed by atoms with Gasteiger partial charge in [-0.05, 0) is 54.4 Å². The van der Waals surface area contributed by atoms with E-state index in [0.29, 0.717) is 22.6 Å². The van der Waals surface area contributed by atoms with E-state index < -0.39 is 17.6 Å². The van der Waals surface area contributed by atoms with E-state index in [-0.39, 0.29) is 16.1 Å². The van der Waals surface area contributed by atoms with E-state index in [2.05, 4.69) is 37.1 Å². The standard InChI is InChI=1S/C23H25F3N4OS/c1-4-22(2,3)13-5-7-16-12(9-13)10-15-18(27)19(32-21(15)29-16)20(31)30-17-8-6-14(11-28-17)23(24,25)26/h6,8,10-11,13H,4-5,7,9,27H2,1-3H3,(H,28,30,31)/t13-/m0/s1. The van der Waals surface area contributed by atoms with E-state index in [9.17, 15) is 18.0 Å². The van der Waals surface area contributed by atoms with Crippen molar-refractivity contribution in [1.29, 1.82) is 0 Å². The molecule has 0 saturated heterocycles. The Morgan fingerprint density at radius 2 is 2.06 bits per heavy atom. The van der Waals surface area contributed by atoms with Crippen molar-refractivity contribution in [3.05, 3.63) is 46.1 Å². The average Bonchev–Trinajstić information content (AvgIpc) is 3.07. The highest BCUT2D eigenvalue weighted by Crippen LogP contribution is 2.42. The molecule has 170 valence electrons. The number of halogens is 3. The van der Waals surface area contributed by atoms with E-state index in [1.807, 2.05) is 0 Å². The highest BCUT2D eigenvalue weighted by molar-refractivity contribution is 7.21. The number of thiophene rings is 1. The number of nitrogens with zero attached hydrogens (tertiary/aromatic N) is 2. The molecule has 0 aliphatic heterocycles. The Morgan fingerprint density at radius 1 is 1.31 bits per heavy atom. The lowest BCUT2D eigenvalue weighted by atomic mass is 9.69. The monoisotopic (exact) mass is 462 g/mol. The number of aromatic nitrogens is 2. The summed E-state index contributed by atoms with van der Waals surface area (Å²) >= 11 is 1.19. The molecule has 1 amide bonds. The van der Waals surface area contributed by atoms with Crippen LogP contribution in [-0.4, -0.2) is 15.9 Å². The lowest BCUT2D eigenvalue weighted by molar-refractivity contribution is -0.137. The molecule has 0 radical (unpaired) electrons. The molecule has 0 saturated carbocycles. The van der Waals surface area contributed by atoms with E-state index >= 15 is 0 Å². The van der Waals surface area contributed by atoms with Crippen molar-refractivity contribution in [1.82, 2.24) is 9.97 Å². The van der Waals surface area contributed by atoms with Crippen molar-refractivity contribution in [3.8, 4) is 0 Å². The van der Waals surface area contributed by atoms with Gasteiger partial charge in [0.1, 0.15) is 15.5 Å². The summed E-state index contributed by atoms with van der Waals surface area (Å²) in [6, 6.07) is 4.05. The maximum Gasteiger partial charge on any atom is 0.417 e. The quantitative estimate of drug-likeness (QED) is 0.492. The number of nitrogens with two attached hydrogens (primary N) is 1. The summed E-state index contributed by atoms with van der Waals surface area (Å²) in [6.45, 7) is 6.81. The fraction of sp³-hybridized carbons (Fsp3) is 0.435.